The number of hydrazone groups is 1. The fourth-order valence-electron chi connectivity index (χ4n) is 3.55. The molecule has 0 N–H and O–H groups in total. The van der Waals surface area contributed by atoms with E-state index in [-0.39, 0.29) is 12.0 Å². The highest BCUT2D eigenvalue weighted by Crippen LogP contribution is 2.31. The van der Waals surface area contributed by atoms with Crippen LogP contribution >= 0.6 is 0 Å². The number of rotatable bonds is 3. The minimum atomic E-state index is -4.48. The summed E-state index contributed by atoms with van der Waals surface area (Å²) in [5, 5.41) is 5.53. The highest BCUT2D eigenvalue weighted by atomic mass is 19.4. The maximum absolute atomic E-state index is 14.5. The van der Waals surface area contributed by atoms with E-state index >= 15 is 0 Å². The number of halogens is 5. The molecule has 0 aromatic heterocycles. The molecular weight excluding hydrogens is 441 g/mol. The van der Waals surface area contributed by atoms with Crippen molar-refractivity contribution in [2.24, 2.45) is 10.1 Å². The minimum Gasteiger partial charge on any atom is -0.272 e. The van der Waals surface area contributed by atoms with Crippen LogP contribution in [0, 0.1) is 11.6 Å². The molecule has 0 spiro atoms. The van der Waals surface area contributed by atoms with Gasteiger partial charge in [-0.05, 0) is 54.0 Å². The molecule has 0 saturated carbocycles. The second-order valence-electron chi connectivity index (χ2n) is 7.50. The number of hydrogen-bond donors (Lipinski definition) is 0. The molecular formula is C24H18F5N3O. The van der Waals surface area contributed by atoms with Gasteiger partial charge in [0.25, 0.3) is 5.91 Å². The van der Waals surface area contributed by atoms with Crippen LogP contribution in [-0.4, -0.2) is 28.5 Å². The number of fused-ring (bicyclic) bond motifs is 1. The van der Waals surface area contributed by atoms with Gasteiger partial charge >= 0.3 is 6.18 Å². The summed E-state index contributed by atoms with van der Waals surface area (Å²) >= 11 is 0. The van der Waals surface area contributed by atoms with E-state index in [0.29, 0.717) is 29.0 Å². The van der Waals surface area contributed by atoms with Crippen LogP contribution in [0.5, 0.6) is 0 Å². The van der Waals surface area contributed by atoms with Crippen molar-refractivity contribution in [3.63, 3.8) is 0 Å². The Kier molecular flexibility index (Phi) is 5.97. The fourth-order valence-corrected chi connectivity index (χ4v) is 3.55. The van der Waals surface area contributed by atoms with E-state index in [4.69, 9.17) is 0 Å². The Bertz CT molecular complexity index is 1210. The molecule has 0 radical (unpaired) electrons. The van der Waals surface area contributed by atoms with Crippen LogP contribution in [0.2, 0.25) is 0 Å². The molecule has 0 saturated heterocycles. The van der Waals surface area contributed by atoms with Gasteiger partial charge in [0.2, 0.25) is 0 Å². The Morgan fingerprint density at radius 3 is 2.42 bits per heavy atom. The first-order valence-electron chi connectivity index (χ1n) is 10.1. The first-order valence-corrected chi connectivity index (χ1v) is 10.1. The largest absolute Gasteiger partial charge is 0.416 e. The fraction of sp³-hybridized carbons (Fsp3) is 0.208. The maximum atomic E-state index is 14.5. The summed E-state index contributed by atoms with van der Waals surface area (Å²) < 4.78 is 66.5. The quantitative estimate of drug-likeness (QED) is 0.539. The van der Waals surface area contributed by atoms with Crippen LogP contribution in [0.15, 0.2) is 70.8 Å². The summed E-state index contributed by atoms with van der Waals surface area (Å²) in [6.45, 7) is 1.84. The predicted molar refractivity (Wildman–Crippen MR) is 114 cm³/mol. The van der Waals surface area contributed by atoms with Gasteiger partial charge < -0.3 is 0 Å². The summed E-state index contributed by atoms with van der Waals surface area (Å²) in [5.74, 6) is -1.90. The van der Waals surface area contributed by atoms with Gasteiger partial charge in [-0.15, -0.1) is 0 Å². The zero-order valence-electron chi connectivity index (χ0n) is 17.4. The number of alkyl halides is 3. The summed E-state index contributed by atoms with van der Waals surface area (Å²) in [6, 6.07) is 7.56. The standard InChI is InChI=1S/C24H18F5N3O/c1-2-18-9-5-15(19-10-8-17(25)12-20(19)26)11-22-30-21(13-23(33)32(22)31-18)14-3-6-16(7-4-14)24(27,28)29/h3-12,22H,2,13H2,1H3. The molecule has 1 unspecified atom stereocenters. The van der Waals surface area contributed by atoms with E-state index in [1.165, 1.54) is 29.3 Å². The van der Waals surface area contributed by atoms with Gasteiger partial charge in [0.15, 0.2) is 6.17 Å². The number of amides is 1. The van der Waals surface area contributed by atoms with Gasteiger partial charge in [0.05, 0.1) is 23.4 Å². The van der Waals surface area contributed by atoms with Crippen LogP contribution in [0.4, 0.5) is 22.0 Å². The van der Waals surface area contributed by atoms with E-state index in [1.54, 1.807) is 12.2 Å². The van der Waals surface area contributed by atoms with Gasteiger partial charge in [0.1, 0.15) is 11.6 Å². The molecule has 2 aromatic carbocycles. The molecule has 2 aliphatic rings. The third-order valence-electron chi connectivity index (χ3n) is 5.28. The Morgan fingerprint density at radius 1 is 1.06 bits per heavy atom. The van der Waals surface area contributed by atoms with Gasteiger partial charge in [0, 0.05) is 11.6 Å². The van der Waals surface area contributed by atoms with Gasteiger partial charge in [-0.1, -0.05) is 25.1 Å². The Balaban J connectivity index is 1.79. The Hall–Kier alpha value is -3.62. The SMILES string of the molecule is CCC1=NN2C(=O)CC(c3ccc(C(F)(F)F)cc3)=NC2C=C(c2ccc(F)cc2F)C=C1. The van der Waals surface area contributed by atoms with E-state index in [0.717, 1.165) is 24.3 Å². The summed E-state index contributed by atoms with van der Waals surface area (Å²) in [7, 11) is 0. The van der Waals surface area contributed by atoms with Crippen molar-refractivity contribution in [1.82, 2.24) is 5.01 Å². The van der Waals surface area contributed by atoms with Crippen molar-refractivity contribution in [3.8, 4) is 0 Å². The Labute approximate surface area is 186 Å². The van der Waals surface area contributed by atoms with Crippen LogP contribution in [0.3, 0.4) is 0 Å². The third-order valence-corrected chi connectivity index (χ3v) is 5.28. The van der Waals surface area contributed by atoms with Crippen molar-refractivity contribution in [2.75, 3.05) is 0 Å². The van der Waals surface area contributed by atoms with E-state index in [2.05, 4.69) is 10.1 Å². The van der Waals surface area contributed by atoms with Crippen molar-refractivity contribution in [2.45, 2.75) is 32.1 Å². The van der Waals surface area contributed by atoms with Gasteiger partial charge in [-0.25, -0.2) is 13.8 Å². The number of carbonyl (C=O) groups is 1. The molecule has 1 amide bonds. The van der Waals surface area contributed by atoms with E-state index < -0.39 is 35.4 Å². The van der Waals surface area contributed by atoms with Gasteiger partial charge in [-0.2, -0.15) is 18.3 Å². The normalized spacial score (nSPS) is 18.7. The number of benzene rings is 2. The third kappa shape index (κ3) is 4.76. The molecule has 9 heteroatoms. The van der Waals surface area contributed by atoms with Crippen LogP contribution < -0.4 is 0 Å². The number of aliphatic imine (C=N–C) groups is 1. The summed E-state index contributed by atoms with van der Waals surface area (Å²) in [6.07, 6.45) is -0.316. The lowest BCUT2D eigenvalue weighted by Crippen LogP contribution is -2.41. The average molecular weight is 459 g/mol. The first kappa shape index (κ1) is 22.6. The molecule has 4 rings (SSSR count). The van der Waals surface area contributed by atoms with E-state index in [9.17, 15) is 26.7 Å². The molecule has 2 heterocycles. The maximum Gasteiger partial charge on any atom is 0.416 e. The lowest BCUT2D eigenvalue weighted by molar-refractivity contribution is -0.137. The minimum absolute atomic E-state index is 0.120. The molecule has 0 fully saturated rings. The molecule has 2 aromatic rings. The molecule has 170 valence electrons. The van der Waals surface area contributed by atoms with Gasteiger partial charge in [-0.3, -0.25) is 9.79 Å². The van der Waals surface area contributed by atoms with Crippen molar-refractivity contribution >= 4 is 22.9 Å². The average Bonchev–Trinajstić information content (AvgIpc) is 2.75. The lowest BCUT2D eigenvalue weighted by atomic mass is 10.00. The second kappa shape index (κ2) is 8.73. The zero-order chi connectivity index (χ0) is 23.8. The van der Waals surface area contributed by atoms with Crippen molar-refractivity contribution in [1.29, 1.82) is 0 Å². The molecule has 0 bridgehead atoms. The lowest BCUT2D eigenvalue weighted by Gasteiger charge is -2.30. The van der Waals surface area contributed by atoms with Crippen molar-refractivity contribution < 1.29 is 26.7 Å². The van der Waals surface area contributed by atoms with E-state index in [1.807, 2.05) is 6.92 Å². The number of hydrogen-bond acceptors (Lipinski definition) is 3. The topological polar surface area (TPSA) is 45.0 Å². The smallest absolute Gasteiger partial charge is 0.272 e. The highest BCUT2D eigenvalue weighted by Gasteiger charge is 2.32. The molecule has 0 aliphatic carbocycles. The number of nitrogens with zero attached hydrogens (tertiary/aromatic N) is 3. The van der Waals surface area contributed by atoms with Crippen LogP contribution in [-0.2, 0) is 11.0 Å². The monoisotopic (exact) mass is 459 g/mol. The number of carbonyl (C=O) groups excluding carboxylic acids is 1. The summed E-state index contributed by atoms with van der Waals surface area (Å²) in [4.78, 5) is 17.4. The molecule has 33 heavy (non-hydrogen) atoms. The first-order chi connectivity index (χ1) is 15.7. The van der Waals surface area contributed by atoms with Crippen LogP contribution in [0.1, 0.15) is 36.5 Å². The molecule has 1 atom stereocenters. The molecule has 4 nitrogen and oxygen atoms in total. The Morgan fingerprint density at radius 2 is 1.79 bits per heavy atom. The molecule has 2 aliphatic heterocycles. The van der Waals surface area contributed by atoms with Crippen LogP contribution in [0.25, 0.3) is 5.57 Å². The highest BCUT2D eigenvalue weighted by molar-refractivity contribution is 6.12. The van der Waals surface area contributed by atoms with Crippen molar-refractivity contribution in [3.05, 3.63) is 89.0 Å². The second-order valence-corrected chi connectivity index (χ2v) is 7.50. The number of allylic oxidation sites excluding steroid dienone is 3. The summed E-state index contributed by atoms with van der Waals surface area (Å²) in [5.41, 5.74) is 0.898. The predicted octanol–water partition coefficient (Wildman–Crippen LogP) is 5.75. The zero-order valence-corrected chi connectivity index (χ0v) is 17.4.